The minimum atomic E-state index is 0.657. The van der Waals surface area contributed by atoms with Crippen LogP contribution >= 0.6 is 0 Å². The van der Waals surface area contributed by atoms with Crippen LogP contribution in [0.2, 0.25) is 0 Å². The smallest absolute Gasteiger partial charge is 0.162 e. The van der Waals surface area contributed by atoms with Gasteiger partial charge in [-0.25, -0.2) is 15.0 Å². The van der Waals surface area contributed by atoms with E-state index in [4.69, 9.17) is 5.73 Å². The molecule has 1 heterocycles. The quantitative estimate of drug-likeness (QED) is 0.684. The second kappa shape index (κ2) is 3.41. The number of nitrogens with zero attached hydrogens (tertiary/aromatic N) is 3. The van der Waals surface area contributed by atoms with E-state index in [-0.39, 0.29) is 0 Å². The van der Waals surface area contributed by atoms with Crippen LogP contribution in [0.1, 0.15) is 5.56 Å². The molecule has 1 aromatic heterocycles. The van der Waals surface area contributed by atoms with Crippen LogP contribution in [0.4, 0.5) is 5.69 Å². The van der Waals surface area contributed by atoms with Crippen molar-refractivity contribution in [2.75, 3.05) is 5.73 Å². The Balaban J connectivity index is 2.58. The summed E-state index contributed by atoms with van der Waals surface area (Å²) in [5.74, 6) is 0.657. The molecule has 0 aliphatic carbocycles. The van der Waals surface area contributed by atoms with Crippen molar-refractivity contribution in [3.63, 3.8) is 0 Å². The molecule has 2 rings (SSSR count). The Kier molecular flexibility index (Phi) is 2.10. The van der Waals surface area contributed by atoms with Crippen molar-refractivity contribution < 1.29 is 0 Å². The second-order valence-corrected chi connectivity index (χ2v) is 2.98. The summed E-state index contributed by atoms with van der Waals surface area (Å²) in [5.41, 5.74) is 8.49. The lowest BCUT2D eigenvalue weighted by Gasteiger charge is -2.05. The van der Waals surface area contributed by atoms with Gasteiger partial charge >= 0.3 is 0 Å². The molecule has 0 unspecified atom stereocenters. The fourth-order valence-electron chi connectivity index (χ4n) is 1.27. The fourth-order valence-corrected chi connectivity index (χ4v) is 1.27. The first-order valence-corrected chi connectivity index (χ1v) is 4.26. The number of hydrogen-bond donors (Lipinski definition) is 1. The molecule has 0 bridgehead atoms. The zero-order valence-electron chi connectivity index (χ0n) is 7.81. The van der Waals surface area contributed by atoms with Gasteiger partial charge in [-0.15, -0.1) is 0 Å². The molecule has 0 aliphatic heterocycles. The largest absolute Gasteiger partial charge is 0.398 e. The lowest BCUT2D eigenvalue weighted by molar-refractivity contribution is 1.05. The molecule has 0 spiro atoms. The van der Waals surface area contributed by atoms with E-state index in [9.17, 15) is 0 Å². The lowest BCUT2D eigenvalue weighted by atomic mass is 10.1. The first kappa shape index (κ1) is 8.62. The molecule has 0 atom stereocenters. The molecule has 14 heavy (non-hydrogen) atoms. The molecular weight excluding hydrogens is 176 g/mol. The highest BCUT2D eigenvalue weighted by molar-refractivity contribution is 5.67. The van der Waals surface area contributed by atoms with Crippen molar-refractivity contribution in [1.29, 1.82) is 0 Å². The van der Waals surface area contributed by atoms with Gasteiger partial charge in [-0.2, -0.15) is 0 Å². The van der Waals surface area contributed by atoms with E-state index in [0.29, 0.717) is 5.82 Å². The number of anilines is 1. The van der Waals surface area contributed by atoms with E-state index in [1.807, 2.05) is 25.1 Å². The van der Waals surface area contributed by atoms with Gasteiger partial charge in [-0.1, -0.05) is 12.1 Å². The van der Waals surface area contributed by atoms with Crippen LogP contribution in [0.25, 0.3) is 11.4 Å². The summed E-state index contributed by atoms with van der Waals surface area (Å²) in [7, 11) is 0. The summed E-state index contributed by atoms with van der Waals surface area (Å²) >= 11 is 0. The van der Waals surface area contributed by atoms with E-state index in [0.717, 1.165) is 16.8 Å². The van der Waals surface area contributed by atoms with Crippen molar-refractivity contribution in [1.82, 2.24) is 15.0 Å². The van der Waals surface area contributed by atoms with Crippen LogP contribution in [0.15, 0.2) is 30.9 Å². The zero-order chi connectivity index (χ0) is 9.97. The predicted octanol–water partition coefficient (Wildman–Crippen LogP) is 1.43. The van der Waals surface area contributed by atoms with Crippen molar-refractivity contribution in [3.05, 3.63) is 36.4 Å². The van der Waals surface area contributed by atoms with Gasteiger partial charge in [0.1, 0.15) is 12.7 Å². The monoisotopic (exact) mass is 186 g/mol. The highest BCUT2D eigenvalue weighted by Gasteiger charge is 2.05. The minimum absolute atomic E-state index is 0.657. The summed E-state index contributed by atoms with van der Waals surface area (Å²) in [6.07, 6.45) is 2.95. The van der Waals surface area contributed by atoms with Crippen LogP contribution in [0.5, 0.6) is 0 Å². The first-order valence-electron chi connectivity index (χ1n) is 4.26. The van der Waals surface area contributed by atoms with E-state index in [2.05, 4.69) is 15.0 Å². The van der Waals surface area contributed by atoms with E-state index < -0.39 is 0 Å². The number of hydrogen-bond acceptors (Lipinski definition) is 4. The Morgan fingerprint density at radius 3 is 2.57 bits per heavy atom. The van der Waals surface area contributed by atoms with Crippen molar-refractivity contribution in [3.8, 4) is 11.4 Å². The molecule has 0 amide bonds. The predicted molar refractivity (Wildman–Crippen MR) is 54.4 cm³/mol. The molecule has 70 valence electrons. The summed E-state index contributed by atoms with van der Waals surface area (Å²) in [5, 5.41) is 0. The van der Waals surface area contributed by atoms with Gasteiger partial charge in [0.2, 0.25) is 0 Å². The summed E-state index contributed by atoms with van der Waals surface area (Å²) in [6, 6.07) is 5.70. The van der Waals surface area contributed by atoms with Crippen LogP contribution < -0.4 is 5.73 Å². The number of nitrogen functional groups attached to an aromatic ring is 1. The number of aromatic nitrogens is 3. The minimum Gasteiger partial charge on any atom is -0.398 e. The molecule has 0 radical (unpaired) electrons. The van der Waals surface area contributed by atoms with E-state index >= 15 is 0 Å². The molecular formula is C10H10N4. The standard InChI is InChI=1S/C10H10N4/c1-7-8(3-2-4-9(7)11)10-13-5-12-6-14-10/h2-6H,11H2,1H3. The molecule has 0 fully saturated rings. The zero-order valence-corrected chi connectivity index (χ0v) is 7.81. The first-order chi connectivity index (χ1) is 6.79. The van der Waals surface area contributed by atoms with Crippen LogP contribution in [0.3, 0.4) is 0 Å². The molecule has 4 heteroatoms. The highest BCUT2D eigenvalue weighted by Crippen LogP contribution is 2.22. The van der Waals surface area contributed by atoms with Gasteiger partial charge in [0.05, 0.1) is 0 Å². The average molecular weight is 186 g/mol. The highest BCUT2D eigenvalue weighted by atomic mass is 15.0. The van der Waals surface area contributed by atoms with Crippen LogP contribution in [0, 0.1) is 6.92 Å². The molecule has 2 aromatic rings. The lowest BCUT2D eigenvalue weighted by Crippen LogP contribution is -1.95. The third kappa shape index (κ3) is 1.42. The Hall–Kier alpha value is -1.97. The van der Waals surface area contributed by atoms with Crippen LogP contribution in [-0.4, -0.2) is 15.0 Å². The molecule has 4 nitrogen and oxygen atoms in total. The average Bonchev–Trinajstić information content (AvgIpc) is 2.23. The Labute approximate surface area is 81.9 Å². The van der Waals surface area contributed by atoms with Gasteiger partial charge in [0.25, 0.3) is 0 Å². The topological polar surface area (TPSA) is 64.7 Å². The third-order valence-corrected chi connectivity index (χ3v) is 2.11. The third-order valence-electron chi connectivity index (χ3n) is 2.11. The maximum absolute atomic E-state index is 5.79. The normalized spacial score (nSPS) is 10.1. The van der Waals surface area contributed by atoms with Gasteiger partial charge in [-0.05, 0) is 18.6 Å². The fraction of sp³-hybridized carbons (Fsp3) is 0.100. The van der Waals surface area contributed by atoms with Gasteiger partial charge < -0.3 is 5.73 Å². The summed E-state index contributed by atoms with van der Waals surface area (Å²) in [4.78, 5) is 11.9. The van der Waals surface area contributed by atoms with Crippen LogP contribution in [-0.2, 0) is 0 Å². The SMILES string of the molecule is Cc1c(N)cccc1-c1ncncn1. The Morgan fingerprint density at radius 2 is 1.86 bits per heavy atom. The molecule has 0 aliphatic rings. The molecule has 0 saturated carbocycles. The van der Waals surface area contributed by atoms with E-state index in [1.165, 1.54) is 12.7 Å². The van der Waals surface area contributed by atoms with E-state index in [1.54, 1.807) is 0 Å². The molecule has 1 aromatic carbocycles. The molecule has 2 N–H and O–H groups in total. The number of nitrogens with two attached hydrogens (primary N) is 1. The van der Waals surface area contributed by atoms with Crippen molar-refractivity contribution in [2.24, 2.45) is 0 Å². The Bertz CT molecular complexity index is 439. The van der Waals surface area contributed by atoms with Gasteiger partial charge in [0, 0.05) is 11.3 Å². The van der Waals surface area contributed by atoms with Gasteiger partial charge in [-0.3, -0.25) is 0 Å². The summed E-state index contributed by atoms with van der Waals surface area (Å²) < 4.78 is 0. The van der Waals surface area contributed by atoms with Gasteiger partial charge in [0.15, 0.2) is 5.82 Å². The molecule has 0 saturated heterocycles. The van der Waals surface area contributed by atoms with Crippen molar-refractivity contribution >= 4 is 5.69 Å². The number of benzene rings is 1. The maximum Gasteiger partial charge on any atom is 0.162 e. The van der Waals surface area contributed by atoms with Crippen molar-refractivity contribution in [2.45, 2.75) is 6.92 Å². The second-order valence-electron chi connectivity index (χ2n) is 2.98. The number of rotatable bonds is 1. The Morgan fingerprint density at radius 1 is 1.14 bits per heavy atom. The summed E-state index contributed by atoms with van der Waals surface area (Å²) in [6.45, 7) is 1.95. The maximum atomic E-state index is 5.79.